The third-order valence-corrected chi connectivity index (χ3v) is 3.31. The van der Waals surface area contributed by atoms with E-state index in [0.29, 0.717) is 5.54 Å². The number of rotatable bonds is 8. The van der Waals surface area contributed by atoms with Gasteiger partial charge in [-0.1, -0.05) is 32.9 Å². The summed E-state index contributed by atoms with van der Waals surface area (Å²) < 4.78 is 0. The van der Waals surface area contributed by atoms with Crippen molar-refractivity contribution in [1.82, 2.24) is 5.32 Å². The first-order chi connectivity index (χ1) is 6.74. The van der Waals surface area contributed by atoms with E-state index in [4.69, 9.17) is 0 Å². The Morgan fingerprint density at radius 2 is 1.71 bits per heavy atom. The van der Waals surface area contributed by atoms with Gasteiger partial charge in [0.1, 0.15) is 0 Å². The summed E-state index contributed by atoms with van der Waals surface area (Å²) in [5.74, 6) is 0. The van der Waals surface area contributed by atoms with Crippen LogP contribution in [0.1, 0.15) is 59.3 Å². The topological polar surface area (TPSA) is 12.0 Å². The van der Waals surface area contributed by atoms with Crippen LogP contribution in [0.4, 0.5) is 0 Å². The molecule has 0 aliphatic heterocycles. The molecule has 0 atom stereocenters. The molecule has 0 rings (SSSR count). The minimum atomic E-state index is 0.389. The van der Waals surface area contributed by atoms with Crippen LogP contribution in [0.3, 0.4) is 0 Å². The molecular formula is C13H27N. The van der Waals surface area contributed by atoms with E-state index in [9.17, 15) is 0 Å². The van der Waals surface area contributed by atoms with Crippen molar-refractivity contribution in [1.29, 1.82) is 0 Å². The molecule has 1 heteroatoms. The quantitative estimate of drug-likeness (QED) is 0.459. The number of hydrogen-bond acceptors (Lipinski definition) is 1. The lowest BCUT2D eigenvalue weighted by molar-refractivity contribution is 0.295. The number of unbranched alkanes of at least 4 members (excludes halogenated alkanes) is 1. The van der Waals surface area contributed by atoms with E-state index in [1.165, 1.54) is 38.5 Å². The van der Waals surface area contributed by atoms with Gasteiger partial charge in [-0.2, -0.15) is 0 Å². The van der Waals surface area contributed by atoms with Crippen LogP contribution in [0, 0.1) is 0 Å². The lowest BCUT2D eigenvalue weighted by Crippen LogP contribution is -2.41. The second-order valence-electron chi connectivity index (χ2n) is 4.01. The second kappa shape index (κ2) is 8.05. The van der Waals surface area contributed by atoms with Crippen LogP contribution in [0.15, 0.2) is 12.2 Å². The van der Waals surface area contributed by atoms with E-state index >= 15 is 0 Å². The molecule has 0 saturated carbocycles. The van der Waals surface area contributed by atoms with Crippen molar-refractivity contribution in [3.8, 4) is 0 Å². The fraction of sp³-hybridized carbons (Fsp3) is 0.846. The summed E-state index contributed by atoms with van der Waals surface area (Å²) in [5, 5.41) is 3.48. The highest BCUT2D eigenvalue weighted by Crippen LogP contribution is 2.21. The molecule has 0 saturated heterocycles. The van der Waals surface area contributed by atoms with Gasteiger partial charge in [-0.15, -0.1) is 0 Å². The van der Waals surface area contributed by atoms with Crippen molar-refractivity contribution < 1.29 is 0 Å². The first-order valence-electron chi connectivity index (χ1n) is 6.08. The molecule has 0 aliphatic rings. The minimum Gasteiger partial charge on any atom is -0.314 e. The molecule has 0 amide bonds. The summed E-state index contributed by atoms with van der Waals surface area (Å²) in [7, 11) is 2.09. The van der Waals surface area contributed by atoms with Crippen LogP contribution in [0.2, 0.25) is 0 Å². The molecule has 0 spiro atoms. The van der Waals surface area contributed by atoms with Gasteiger partial charge >= 0.3 is 0 Å². The lowest BCUT2D eigenvalue weighted by Gasteiger charge is -2.31. The highest BCUT2D eigenvalue weighted by atomic mass is 14.9. The predicted molar refractivity (Wildman–Crippen MR) is 65.7 cm³/mol. The Bertz CT molecular complexity index is 137. The van der Waals surface area contributed by atoms with Crippen molar-refractivity contribution in [2.75, 3.05) is 7.05 Å². The molecule has 0 heterocycles. The molecule has 0 unspecified atom stereocenters. The Kier molecular flexibility index (Phi) is 7.87. The molecule has 0 fully saturated rings. The van der Waals surface area contributed by atoms with Crippen molar-refractivity contribution in [3.63, 3.8) is 0 Å². The van der Waals surface area contributed by atoms with Crippen molar-refractivity contribution in [3.05, 3.63) is 12.2 Å². The molecule has 0 aromatic carbocycles. The van der Waals surface area contributed by atoms with Gasteiger partial charge in [-0.05, 0) is 45.6 Å². The zero-order valence-electron chi connectivity index (χ0n) is 10.4. The van der Waals surface area contributed by atoms with Crippen molar-refractivity contribution >= 4 is 0 Å². The molecule has 84 valence electrons. The fourth-order valence-electron chi connectivity index (χ4n) is 1.92. The van der Waals surface area contributed by atoms with Gasteiger partial charge < -0.3 is 5.32 Å². The maximum atomic E-state index is 3.48. The van der Waals surface area contributed by atoms with Crippen LogP contribution in [0.5, 0.6) is 0 Å². The van der Waals surface area contributed by atoms with E-state index < -0.39 is 0 Å². The van der Waals surface area contributed by atoms with E-state index in [1.807, 2.05) is 0 Å². The molecule has 0 aromatic heterocycles. The lowest BCUT2D eigenvalue weighted by atomic mass is 9.87. The zero-order chi connectivity index (χ0) is 10.9. The number of allylic oxidation sites excluding steroid dienone is 2. The molecule has 0 bridgehead atoms. The molecule has 1 N–H and O–H groups in total. The third kappa shape index (κ3) is 4.80. The Balaban J connectivity index is 3.76. The van der Waals surface area contributed by atoms with E-state index in [1.54, 1.807) is 0 Å². The Labute approximate surface area is 90.0 Å². The summed E-state index contributed by atoms with van der Waals surface area (Å²) in [6.07, 6.45) is 12.0. The highest BCUT2D eigenvalue weighted by Gasteiger charge is 2.22. The minimum absolute atomic E-state index is 0.389. The van der Waals surface area contributed by atoms with E-state index in [2.05, 4.69) is 45.3 Å². The molecule has 0 aromatic rings. The fourth-order valence-corrected chi connectivity index (χ4v) is 1.92. The summed E-state index contributed by atoms with van der Waals surface area (Å²) in [5.41, 5.74) is 0.389. The third-order valence-electron chi connectivity index (χ3n) is 3.31. The molecule has 0 aliphatic carbocycles. The van der Waals surface area contributed by atoms with Gasteiger partial charge in [0.2, 0.25) is 0 Å². The van der Waals surface area contributed by atoms with Crippen LogP contribution >= 0.6 is 0 Å². The summed E-state index contributed by atoms with van der Waals surface area (Å²) in [6, 6.07) is 0. The SMILES string of the molecule is CC/C=C\CCCC(CC)(CC)NC. The van der Waals surface area contributed by atoms with Crippen LogP contribution in [-0.4, -0.2) is 12.6 Å². The van der Waals surface area contributed by atoms with Crippen molar-refractivity contribution in [2.45, 2.75) is 64.8 Å². The molecule has 1 nitrogen and oxygen atoms in total. The van der Waals surface area contributed by atoms with Gasteiger partial charge in [0.05, 0.1) is 0 Å². The summed E-state index contributed by atoms with van der Waals surface area (Å²) in [4.78, 5) is 0. The van der Waals surface area contributed by atoms with Crippen LogP contribution < -0.4 is 5.32 Å². The van der Waals surface area contributed by atoms with Crippen LogP contribution in [0.25, 0.3) is 0 Å². The first-order valence-corrected chi connectivity index (χ1v) is 6.08. The standard InChI is InChI=1S/C13H27N/c1-5-8-9-10-11-12-13(6-2,7-3)14-4/h8-9,14H,5-7,10-12H2,1-4H3/b9-8-. The molecular weight excluding hydrogens is 170 g/mol. The Morgan fingerprint density at radius 1 is 1.07 bits per heavy atom. The largest absolute Gasteiger partial charge is 0.314 e. The monoisotopic (exact) mass is 197 g/mol. The summed E-state index contributed by atoms with van der Waals surface area (Å²) in [6.45, 7) is 6.75. The first kappa shape index (κ1) is 13.7. The molecule has 0 radical (unpaired) electrons. The van der Waals surface area contributed by atoms with Gasteiger partial charge in [0.25, 0.3) is 0 Å². The van der Waals surface area contributed by atoms with Gasteiger partial charge in [0, 0.05) is 5.54 Å². The van der Waals surface area contributed by atoms with Crippen molar-refractivity contribution in [2.24, 2.45) is 0 Å². The number of nitrogens with one attached hydrogen (secondary N) is 1. The highest BCUT2D eigenvalue weighted by molar-refractivity contribution is 4.86. The van der Waals surface area contributed by atoms with Gasteiger partial charge in [-0.3, -0.25) is 0 Å². The normalized spacial score (nSPS) is 12.6. The second-order valence-corrected chi connectivity index (χ2v) is 4.01. The average molecular weight is 197 g/mol. The average Bonchev–Trinajstić information content (AvgIpc) is 2.24. The van der Waals surface area contributed by atoms with E-state index in [-0.39, 0.29) is 0 Å². The maximum absolute atomic E-state index is 3.48. The van der Waals surface area contributed by atoms with Gasteiger partial charge in [0.15, 0.2) is 0 Å². The Hall–Kier alpha value is -0.300. The maximum Gasteiger partial charge on any atom is 0.0173 e. The molecule has 14 heavy (non-hydrogen) atoms. The van der Waals surface area contributed by atoms with E-state index in [0.717, 1.165) is 0 Å². The number of hydrogen-bond donors (Lipinski definition) is 1. The Morgan fingerprint density at radius 3 is 2.14 bits per heavy atom. The van der Waals surface area contributed by atoms with Gasteiger partial charge in [-0.25, -0.2) is 0 Å². The summed E-state index contributed by atoms with van der Waals surface area (Å²) >= 11 is 0. The van der Waals surface area contributed by atoms with Crippen LogP contribution in [-0.2, 0) is 0 Å². The smallest absolute Gasteiger partial charge is 0.0173 e. The predicted octanol–water partition coefficient (Wildman–Crippen LogP) is 3.90. The zero-order valence-corrected chi connectivity index (χ0v) is 10.4.